The molecule has 0 aromatic rings. The van der Waals surface area contributed by atoms with E-state index in [4.69, 9.17) is 44.3 Å². The zero-order valence-corrected chi connectivity index (χ0v) is 15.5. The van der Waals surface area contributed by atoms with Gasteiger partial charge in [-0.3, -0.25) is 0 Å². The first-order valence-electron chi connectivity index (χ1n) is 8.92. The van der Waals surface area contributed by atoms with Gasteiger partial charge in [-0.05, 0) is 0 Å². The molecule has 3 aliphatic heterocycles. The Labute approximate surface area is 155 Å². The van der Waals surface area contributed by atoms with E-state index in [9.17, 15) is 0 Å². The van der Waals surface area contributed by atoms with E-state index in [1.54, 1.807) is 6.92 Å². The minimum atomic E-state index is -0.869. The van der Waals surface area contributed by atoms with Crippen LogP contribution >= 0.6 is 0 Å². The van der Waals surface area contributed by atoms with E-state index in [-0.39, 0.29) is 5.41 Å². The first-order chi connectivity index (χ1) is 12.7. The molecule has 8 heteroatoms. The van der Waals surface area contributed by atoms with Gasteiger partial charge in [0.05, 0.1) is 84.7 Å². The molecule has 3 rings (SSSR count). The van der Waals surface area contributed by atoms with Crippen LogP contribution in [0.15, 0.2) is 0 Å². The van der Waals surface area contributed by atoms with Crippen LogP contribution in [-0.4, -0.2) is 91.9 Å². The third-order valence-corrected chi connectivity index (χ3v) is 4.00. The Morgan fingerprint density at radius 1 is 0.731 bits per heavy atom. The number of fused-ring (bicyclic) bond motifs is 3. The van der Waals surface area contributed by atoms with Gasteiger partial charge in [-0.1, -0.05) is 5.92 Å². The van der Waals surface area contributed by atoms with Crippen molar-refractivity contribution in [1.82, 2.24) is 0 Å². The van der Waals surface area contributed by atoms with E-state index in [1.165, 1.54) is 0 Å². The molecule has 0 aromatic heterocycles. The van der Waals surface area contributed by atoms with Crippen molar-refractivity contribution in [2.45, 2.75) is 12.9 Å². The molecular formula is C18H30O8. The summed E-state index contributed by atoms with van der Waals surface area (Å²) in [4.78, 5) is 0. The highest BCUT2D eigenvalue weighted by Gasteiger charge is 2.50. The molecule has 2 bridgehead atoms. The largest absolute Gasteiger partial charge is 0.378 e. The molecule has 0 atom stereocenters. The summed E-state index contributed by atoms with van der Waals surface area (Å²) < 4.78 is 43.6. The third-order valence-electron chi connectivity index (χ3n) is 4.00. The monoisotopic (exact) mass is 374 g/mol. The predicted molar refractivity (Wildman–Crippen MR) is 91.6 cm³/mol. The fourth-order valence-corrected chi connectivity index (χ4v) is 2.42. The van der Waals surface area contributed by atoms with Crippen molar-refractivity contribution in [2.75, 3.05) is 85.9 Å². The normalized spacial score (nSPS) is 27.5. The van der Waals surface area contributed by atoms with E-state index in [1.807, 2.05) is 0 Å². The van der Waals surface area contributed by atoms with Gasteiger partial charge >= 0.3 is 0 Å². The van der Waals surface area contributed by atoms with Crippen molar-refractivity contribution >= 4 is 0 Å². The average molecular weight is 374 g/mol. The van der Waals surface area contributed by atoms with Crippen LogP contribution in [0.2, 0.25) is 0 Å². The van der Waals surface area contributed by atoms with Gasteiger partial charge in [0.1, 0.15) is 6.61 Å². The van der Waals surface area contributed by atoms with Gasteiger partial charge in [0.25, 0.3) is 5.97 Å². The molecule has 0 spiro atoms. The zero-order chi connectivity index (χ0) is 18.6. The Kier molecular flexibility index (Phi) is 9.82. The summed E-state index contributed by atoms with van der Waals surface area (Å²) in [6, 6.07) is 0. The number of terminal acetylenes is 1. The van der Waals surface area contributed by atoms with Crippen LogP contribution < -0.4 is 0 Å². The van der Waals surface area contributed by atoms with Gasteiger partial charge in [0, 0.05) is 6.92 Å². The molecule has 0 unspecified atom stereocenters. The van der Waals surface area contributed by atoms with Crippen LogP contribution in [0, 0.1) is 17.8 Å². The third kappa shape index (κ3) is 7.86. The van der Waals surface area contributed by atoms with Crippen molar-refractivity contribution in [3.63, 3.8) is 0 Å². The van der Waals surface area contributed by atoms with Crippen LogP contribution in [0.25, 0.3) is 0 Å². The molecule has 26 heavy (non-hydrogen) atoms. The van der Waals surface area contributed by atoms with Gasteiger partial charge in [0.2, 0.25) is 0 Å². The standard InChI is InChI=1S/C18H30O8/c1-3-4-19-5-6-20-7-8-21-9-10-22-11-12-23-13-18-14-24-17(2,25-15-18)26-16-18/h1H,4-16H2,2H3. The van der Waals surface area contributed by atoms with E-state index >= 15 is 0 Å². The highest BCUT2D eigenvalue weighted by atomic mass is 16.9. The molecule has 8 nitrogen and oxygen atoms in total. The Bertz CT molecular complexity index is 397. The molecule has 0 saturated carbocycles. The van der Waals surface area contributed by atoms with Crippen molar-refractivity contribution in [1.29, 1.82) is 0 Å². The van der Waals surface area contributed by atoms with Crippen molar-refractivity contribution in [2.24, 2.45) is 5.41 Å². The topological polar surface area (TPSA) is 73.8 Å². The van der Waals surface area contributed by atoms with Crippen molar-refractivity contribution < 1.29 is 37.9 Å². The Balaban J connectivity index is 1.31. The van der Waals surface area contributed by atoms with Crippen LogP contribution in [-0.2, 0) is 37.9 Å². The molecule has 0 amide bonds. The first kappa shape index (κ1) is 21.5. The van der Waals surface area contributed by atoms with Crippen molar-refractivity contribution in [3.05, 3.63) is 0 Å². The summed E-state index contributed by atoms with van der Waals surface area (Å²) in [5, 5.41) is 0. The molecule has 0 radical (unpaired) electrons. The summed E-state index contributed by atoms with van der Waals surface area (Å²) in [5.41, 5.74) is -0.202. The smallest absolute Gasteiger partial charge is 0.279 e. The van der Waals surface area contributed by atoms with E-state index in [0.717, 1.165) is 0 Å². The average Bonchev–Trinajstić information content (AvgIpc) is 2.66. The quantitative estimate of drug-likeness (QED) is 0.302. The number of rotatable bonds is 15. The maximum absolute atomic E-state index is 5.67. The van der Waals surface area contributed by atoms with E-state index in [0.29, 0.717) is 85.9 Å². The molecule has 0 aromatic carbocycles. The van der Waals surface area contributed by atoms with Crippen molar-refractivity contribution in [3.8, 4) is 12.3 Å². The summed E-state index contributed by atoms with van der Waals surface area (Å²) in [5.74, 6) is 1.52. The summed E-state index contributed by atoms with van der Waals surface area (Å²) in [6.45, 7) is 8.55. The van der Waals surface area contributed by atoms with Crippen LogP contribution in [0.1, 0.15) is 6.92 Å². The van der Waals surface area contributed by atoms with Crippen LogP contribution in [0.5, 0.6) is 0 Å². The Morgan fingerprint density at radius 2 is 1.15 bits per heavy atom. The summed E-state index contributed by atoms with van der Waals surface area (Å²) >= 11 is 0. The highest BCUT2D eigenvalue weighted by Crippen LogP contribution is 2.38. The van der Waals surface area contributed by atoms with E-state index < -0.39 is 5.97 Å². The first-order valence-corrected chi connectivity index (χ1v) is 8.92. The Morgan fingerprint density at radius 3 is 1.62 bits per heavy atom. The molecule has 3 fully saturated rings. The molecule has 0 aliphatic carbocycles. The van der Waals surface area contributed by atoms with Gasteiger partial charge in [-0.2, -0.15) is 0 Å². The minimum Gasteiger partial charge on any atom is -0.378 e. The minimum absolute atomic E-state index is 0.202. The number of ether oxygens (including phenoxy) is 8. The molecule has 3 heterocycles. The van der Waals surface area contributed by atoms with Gasteiger partial charge in [-0.15, -0.1) is 6.42 Å². The summed E-state index contributed by atoms with van der Waals surface area (Å²) in [6.07, 6.45) is 5.06. The molecule has 0 N–H and O–H groups in total. The second-order valence-corrected chi connectivity index (χ2v) is 6.37. The van der Waals surface area contributed by atoms with E-state index in [2.05, 4.69) is 5.92 Å². The van der Waals surface area contributed by atoms with Gasteiger partial charge in [-0.25, -0.2) is 0 Å². The molecule has 150 valence electrons. The van der Waals surface area contributed by atoms with Gasteiger partial charge in [0.15, 0.2) is 0 Å². The Hall–Kier alpha value is -0.760. The highest BCUT2D eigenvalue weighted by molar-refractivity contribution is 4.87. The fourth-order valence-electron chi connectivity index (χ4n) is 2.42. The second-order valence-electron chi connectivity index (χ2n) is 6.37. The predicted octanol–water partition coefficient (Wildman–Crippen LogP) is 0.440. The molecular weight excluding hydrogens is 344 g/mol. The maximum atomic E-state index is 5.67. The van der Waals surface area contributed by atoms with Gasteiger partial charge < -0.3 is 37.9 Å². The second kappa shape index (κ2) is 11.8. The molecule has 3 saturated heterocycles. The zero-order valence-electron chi connectivity index (χ0n) is 15.5. The SMILES string of the molecule is C#CCOCCOCCOCCOCCOCC12COC(C)(OC1)OC2. The lowest BCUT2D eigenvalue weighted by atomic mass is 9.90. The molecule has 3 aliphatic rings. The number of hydrogen-bond donors (Lipinski definition) is 0. The summed E-state index contributed by atoms with van der Waals surface area (Å²) in [7, 11) is 0. The maximum Gasteiger partial charge on any atom is 0.279 e. The lowest BCUT2D eigenvalue weighted by Crippen LogP contribution is -2.60. The number of hydrogen-bond acceptors (Lipinski definition) is 8. The lowest BCUT2D eigenvalue weighted by molar-refractivity contribution is -0.462. The fraction of sp³-hybridized carbons (Fsp3) is 0.889. The van der Waals surface area contributed by atoms with Crippen LogP contribution in [0.4, 0.5) is 0 Å². The lowest BCUT2D eigenvalue weighted by Gasteiger charge is -2.50. The van der Waals surface area contributed by atoms with Crippen LogP contribution in [0.3, 0.4) is 0 Å².